The lowest BCUT2D eigenvalue weighted by Crippen LogP contribution is -1.99. The van der Waals surface area contributed by atoms with Crippen LogP contribution in [0.4, 0.5) is 0 Å². The maximum absolute atomic E-state index is 5.90. The van der Waals surface area contributed by atoms with Gasteiger partial charge < -0.3 is 4.57 Å². The Hall–Kier alpha value is -0.800. The molecule has 2 rings (SSSR count). The Balaban J connectivity index is 2.53. The summed E-state index contributed by atoms with van der Waals surface area (Å²) in [6.45, 7) is 5.64. The largest absolute Gasteiger partial charge is 0.304 e. The quantitative estimate of drug-likeness (QED) is 0.824. The van der Waals surface area contributed by atoms with Gasteiger partial charge in [-0.3, -0.25) is 0 Å². The zero-order valence-corrected chi connectivity index (χ0v) is 10.2. The fourth-order valence-corrected chi connectivity index (χ4v) is 1.99. The van der Waals surface area contributed by atoms with Crippen molar-refractivity contribution in [3.8, 4) is 5.82 Å². The zero-order valence-electron chi connectivity index (χ0n) is 7.82. The van der Waals surface area contributed by atoms with Crippen molar-refractivity contribution in [3.05, 3.63) is 52.7 Å². The van der Waals surface area contributed by atoms with Crippen molar-refractivity contribution in [3.63, 3.8) is 0 Å². The van der Waals surface area contributed by atoms with Gasteiger partial charge in [-0.25, -0.2) is 4.98 Å². The summed E-state index contributed by atoms with van der Waals surface area (Å²) in [5, 5.41) is 0.660. The predicted molar refractivity (Wildman–Crippen MR) is 64.3 cm³/mol. The van der Waals surface area contributed by atoms with Crippen LogP contribution in [0.15, 0.2) is 35.1 Å². The second-order valence-corrected chi connectivity index (χ2v) is 4.41. The molecule has 2 aromatic heterocycles. The Morgan fingerprint density at radius 1 is 1.47 bits per heavy atom. The molecule has 2 radical (unpaired) electrons. The van der Waals surface area contributed by atoms with E-state index >= 15 is 0 Å². The number of nitrogens with zero attached hydrogens (tertiary/aromatic N) is 2. The highest BCUT2D eigenvalue weighted by Gasteiger charge is 2.05. The first-order valence-electron chi connectivity index (χ1n) is 4.39. The van der Waals surface area contributed by atoms with Crippen LogP contribution in [0.5, 0.6) is 0 Å². The molecule has 0 unspecified atom stereocenters. The third-order valence-corrected chi connectivity index (χ3v) is 2.70. The summed E-state index contributed by atoms with van der Waals surface area (Å²) in [6, 6.07) is 5.50. The van der Waals surface area contributed by atoms with Gasteiger partial charge in [0.25, 0.3) is 0 Å². The van der Waals surface area contributed by atoms with Gasteiger partial charge in [0.05, 0.1) is 0 Å². The van der Waals surface area contributed by atoms with Crippen LogP contribution in [0.1, 0.15) is 5.69 Å². The fraction of sp³-hybridized carbons (Fsp3) is 0.0909. The van der Waals surface area contributed by atoms with E-state index in [1.54, 1.807) is 18.3 Å². The number of hydrogen-bond acceptors (Lipinski definition) is 1. The molecule has 0 bridgehead atoms. The lowest BCUT2D eigenvalue weighted by molar-refractivity contribution is 0.931. The number of hydrogen-bond donors (Lipinski definition) is 0. The normalized spacial score (nSPS) is 10.6. The van der Waals surface area contributed by atoms with Gasteiger partial charge in [0.1, 0.15) is 5.82 Å². The average Bonchev–Trinajstić information content (AvgIpc) is 2.59. The smallest absolute Gasteiger partial charge is 0.138 e. The number of rotatable bonds is 2. The van der Waals surface area contributed by atoms with Gasteiger partial charge in [0, 0.05) is 27.6 Å². The fourth-order valence-electron chi connectivity index (χ4n) is 1.37. The van der Waals surface area contributed by atoms with Crippen LogP contribution in [0, 0.1) is 6.92 Å². The summed E-state index contributed by atoms with van der Waals surface area (Å²) in [5.41, 5.74) is 0.983. The molecule has 0 fully saturated rings. The third kappa shape index (κ3) is 2.24. The molecule has 0 spiro atoms. The van der Waals surface area contributed by atoms with E-state index in [0.29, 0.717) is 11.4 Å². The van der Waals surface area contributed by atoms with Crippen LogP contribution < -0.4 is 0 Å². The van der Waals surface area contributed by atoms with Gasteiger partial charge in [0.15, 0.2) is 0 Å². The minimum absolute atomic E-state index is 0.458. The van der Waals surface area contributed by atoms with Crippen LogP contribution in [0.25, 0.3) is 5.82 Å². The Morgan fingerprint density at radius 2 is 2.27 bits per heavy atom. The molecule has 0 amide bonds. The van der Waals surface area contributed by atoms with Crippen LogP contribution >= 0.6 is 27.5 Å². The molecule has 2 nitrogen and oxygen atoms in total. The van der Waals surface area contributed by atoms with Crippen molar-refractivity contribution in [1.29, 1.82) is 0 Å². The van der Waals surface area contributed by atoms with Gasteiger partial charge in [-0.15, -0.1) is 0 Å². The van der Waals surface area contributed by atoms with E-state index in [-0.39, 0.29) is 0 Å². The molecule has 0 N–H and O–H groups in total. The lowest BCUT2D eigenvalue weighted by Gasteiger charge is -2.06. The molecule has 15 heavy (non-hydrogen) atoms. The SMILES string of the molecule is [CH]Cc1cc(Br)cn1-c1cc(Cl)ccn1. The van der Waals surface area contributed by atoms with Crippen molar-refractivity contribution in [1.82, 2.24) is 9.55 Å². The second-order valence-electron chi connectivity index (χ2n) is 3.06. The van der Waals surface area contributed by atoms with Crippen LogP contribution in [0.2, 0.25) is 5.02 Å². The van der Waals surface area contributed by atoms with Gasteiger partial charge >= 0.3 is 0 Å². The molecular weight excluding hydrogens is 275 g/mol. The van der Waals surface area contributed by atoms with Crippen molar-refractivity contribution < 1.29 is 0 Å². The van der Waals surface area contributed by atoms with Crippen molar-refractivity contribution in [2.24, 2.45) is 0 Å². The summed E-state index contributed by atoms with van der Waals surface area (Å²) >= 11 is 9.30. The van der Waals surface area contributed by atoms with E-state index in [0.717, 1.165) is 16.0 Å². The zero-order chi connectivity index (χ0) is 10.8. The molecule has 2 heterocycles. The molecular formula is C11H8BrClN2. The third-order valence-electron chi connectivity index (χ3n) is 2.03. The van der Waals surface area contributed by atoms with Gasteiger partial charge in [0.2, 0.25) is 0 Å². The van der Waals surface area contributed by atoms with Crippen LogP contribution in [-0.4, -0.2) is 9.55 Å². The highest BCUT2D eigenvalue weighted by Crippen LogP contribution is 2.20. The molecule has 0 atom stereocenters. The van der Waals surface area contributed by atoms with E-state index in [9.17, 15) is 0 Å². The van der Waals surface area contributed by atoms with E-state index in [4.69, 9.17) is 18.5 Å². The minimum Gasteiger partial charge on any atom is -0.304 e. The number of aromatic nitrogens is 2. The van der Waals surface area contributed by atoms with E-state index in [1.165, 1.54) is 0 Å². The topological polar surface area (TPSA) is 17.8 Å². The summed E-state index contributed by atoms with van der Waals surface area (Å²) in [5.74, 6) is 0.772. The first-order chi connectivity index (χ1) is 7.20. The first kappa shape index (κ1) is 10.7. The highest BCUT2D eigenvalue weighted by molar-refractivity contribution is 9.10. The number of pyridine rings is 1. The molecule has 76 valence electrons. The molecule has 0 aliphatic carbocycles. The van der Waals surface area contributed by atoms with Crippen molar-refractivity contribution in [2.75, 3.05) is 0 Å². The summed E-state index contributed by atoms with van der Waals surface area (Å²) in [7, 11) is 0. The van der Waals surface area contributed by atoms with Crippen molar-refractivity contribution >= 4 is 27.5 Å². The standard InChI is InChI=1S/C11H8BrClN2/c1-2-10-5-8(12)7-15(10)11-6-9(13)3-4-14-11/h1,3-7H,2H2. The van der Waals surface area contributed by atoms with E-state index in [2.05, 4.69) is 20.9 Å². The van der Waals surface area contributed by atoms with Gasteiger partial charge in [-0.2, -0.15) is 0 Å². The van der Waals surface area contributed by atoms with Crippen LogP contribution in [-0.2, 0) is 6.42 Å². The Labute approximate surface area is 102 Å². The molecule has 0 aliphatic rings. The minimum atomic E-state index is 0.458. The van der Waals surface area contributed by atoms with E-state index in [1.807, 2.05) is 16.8 Å². The highest BCUT2D eigenvalue weighted by atomic mass is 79.9. The molecule has 0 saturated carbocycles. The van der Waals surface area contributed by atoms with Crippen molar-refractivity contribution in [2.45, 2.75) is 6.42 Å². The van der Waals surface area contributed by atoms with Crippen LogP contribution in [0.3, 0.4) is 0 Å². The molecule has 0 saturated heterocycles. The monoisotopic (exact) mass is 282 g/mol. The Bertz CT molecular complexity index is 479. The summed E-state index contributed by atoms with van der Waals surface area (Å²) in [6.07, 6.45) is 4.05. The Morgan fingerprint density at radius 3 is 2.93 bits per heavy atom. The second kappa shape index (κ2) is 4.37. The lowest BCUT2D eigenvalue weighted by atomic mass is 10.3. The summed E-state index contributed by atoms with van der Waals surface area (Å²) < 4.78 is 2.89. The molecule has 2 aromatic rings. The average molecular weight is 284 g/mol. The van der Waals surface area contributed by atoms with E-state index < -0.39 is 0 Å². The molecule has 0 aliphatic heterocycles. The first-order valence-corrected chi connectivity index (χ1v) is 5.56. The maximum atomic E-state index is 5.90. The summed E-state index contributed by atoms with van der Waals surface area (Å²) in [4.78, 5) is 4.23. The Kier molecular flexibility index (Phi) is 3.12. The predicted octanol–water partition coefficient (Wildman–Crippen LogP) is 3.54. The number of halogens is 2. The maximum Gasteiger partial charge on any atom is 0.138 e. The van der Waals surface area contributed by atoms with Gasteiger partial charge in [-0.1, -0.05) is 11.6 Å². The molecule has 0 aromatic carbocycles. The molecule has 4 heteroatoms. The van der Waals surface area contributed by atoms with Gasteiger partial charge in [-0.05, 0) is 47.5 Å².